The van der Waals surface area contributed by atoms with E-state index in [9.17, 15) is 4.79 Å². The quantitative estimate of drug-likeness (QED) is 0.893. The van der Waals surface area contributed by atoms with Gasteiger partial charge in [0.05, 0.1) is 6.54 Å². The Morgan fingerprint density at radius 3 is 2.59 bits per heavy atom. The molecule has 5 nitrogen and oxygen atoms in total. The van der Waals surface area contributed by atoms with Crippen LogP contribution in [-0.4, -0.2) is 37.1 Å². The van der Waals surface area contributed by atoms with Gasteiger partial charge in [0.1, 0.15) is 13.2 Å². The van der Waals surface area contributed by atoms with Gasteiger partial charge in [0.2, 0.25) is 5.91 Å². The molecule has 1 saturated heterocycles. The van der Waals surface area contributed by atoms with Crippen LogP contribution in [-0.2, 0) is 4.79 Å². The van der Waals surface area contributed by atoms with Crippen LogP contribution in [0.15, 0.2) is 36.4 Å². The van der Waals surface area contributed by atoms with Gasteiger partial charge in [-0.1, -0.05) is 12.1 Å². The van der Waals surface area contributed by atoms with Crippen molar-refractivity contribution in [2.45, 2.75) is 32.7 Å². The molecule has 0 radical (unpaired) electrons. The summed E-state index contributed by atoms with van der Waals surface area (Å²) in [5.74, 6) is 1.65. The summed E-state index contributed by atoms with van der Waals surface area (Å²) in [7, 11) is 0. The molecule has 2 aliphatic heterocycles. The zero-order valence-corrected chi connectivity index (χ0v) is 16.0. The first-order valence-corrected chi connectivity index (χ1v) is 9.60. The maximum Gasteiger partial charge on any atom is 0.238 e. The molecule has 1 unspecified atom stereocenters. The fourth-order valence-electron chi connectivity index (χ4n) is 4.09. The summed E-state index contributed by atoms with van der Waals surface area (Å²) in [6.45, 7) is 6.59. The van der Waals surface area contributed by atoms with E-state index in [2.05, 4.69) is 28.4 Å². The molecule has 1 amide bonds. The van der Waals surface area contributed by atoms with Crippen LogP contribution in [0.5, 0.6) is 11.5 Å². The SMILES string of the molecule is Cc1cc(C)cc(NC(=O)CN2CCCC2c2ccc3c(c2)OCCO3)c1. The Balaban J connectivity index is 1.44. The van der Waals surface area contributed by atoms with Gasteiger partial charge in [-0.15, -0.1) is 0 Å². The minimum atomic E-state index is 0.0319. The van der Waals surface area contributed by atoms with E-state index in [1.54, 1.807) is 0 Å². The number of aryl methyl sites for hydroxylation is 2. The Bertz CT molecular complexity index is 829. The van der Waals surface area contributed by atoms with Gasteiger partial charge in [0, 0.05) is 11.7 Å². The summed E-state index contributed by atoms with van der Waals surface area (Å²) >= 11 is 0. The molecule has 4 rings (SSSR count). The largest absolute Gasteiger partial charge is 0.486 e. The zero-order chi connectivity index (χ0) is 18.8. The summed E-state index contributed by atoms with van der Waals surface area (Å²) in [5, 5.41) is 3.05. The lowest BCUT2D eigenvalue weighted by Gasteiger charge is -2.26. The Hall–Kier alpha value is -2.53. The van der Waals surface area contributed by atoms with E-state index < -0.39 is 0 Å². The lowest BCUT2D eigenvalue weighted by molar-refractivity contribution is -0.117. The molecule has 1 atom stereocenters. The summed E-state index contributed by atoms with van der Waals surface area (Å²) in [5.41, 5.74) is 4.37. The summed E-state index contributed by atoms with van der Waals surface area (Å²) < 4.78 is 11.3. The van der Waals surface area contributed by atoms with Crippen molar-refractivity contribution in [1.29, 1.82) is 0 Å². The number of rotatable bonds is 4. The molecule has 2 aromatic carbocycles. The summed E-state index contributed by atoms with van der Waals surface area (Å²) in [4.78, 5) is 14.9. The molecule has 2 heterocycles. The number of nitrogens with one attached hydrogen (secondary N) is 1. The molecule has 0 spiro atoms. The average Bonchev–Trinajstić information content (AvgIpc) is 3.08. The minimum absolute atomic E-state index is 0.0319. The number of fused-ring (bicyclic) bond motifs is 1. The number of carbonyl (C=O) groups excluding carboxylic acids is 1. The van der Waals surface area contributed by atoms with E-state index in [-0.39, 0.29) is 11.9 Å². The highest BCUT2D eigenvalue weighted by molar-refractivity contribution is 5.92. The molecular weight excluding hydrogens is 340 g/mol. The number of amides is 1. The van der Waals surface area contributed by atoms with Crippen molar-refractivity contribution >= 4 is 11.6 Å². The van der Waals surface area contributed by atoms with Crippen LogP contribution < -0.4 is 14.8 Å². The van der Waals surface area contributed by atoms with Crippen molar-refractivity contribution in [3.05, 3.63) is 53.1 Å². The Kier molecular flexibility index (Phi) is 5.03. The number of anilines is 1. The number of hydrogen-bond acceptors (Lipinski definition) is 4. The lowest BCUT2D eigenvalue weighted by Crippen LogP contribution is -2.33. The van der Waals surface area contributed by atoms with Gasteiger partial charge in [-0.25, -0.2) is 0 Å². The van der Waals surface area contributed by atoms with Crippen molar-refractivity contribution in [2.24, 2.45) is 0 Å². The van der Waals surface area contributed by atoms with Crippen LogP contribution in [0.1, 0.15) is 35.6 Å². The standard InChI is InChI=1S/C22H26N2O3/c1-15-10-16(2)12-18(11-15)23-22(25)14-24-7-3-4-19(24)17-5-6-20-21(13-17)27-9-8-26-20/h5-6,10-13,19H,3-4,7-9,14H2,1-2H3,(H,23,25). The first-order chi connectivity index (χ1) is 13.1. The van der Waals surface area contributed by atoms with Crippen LogP contribution >= 0.6 is 0 Å². The van der Waals surface area contributed by atoms with Crippen molar-refractivity contribution in [3.63, 3.8) is 0 Å². The van der Waals surface area contributed by atoms with Crippen LogP contribution in [0.2, 0.25) is 0 Å². The number of likely N-dealkylation sites (tertiary alicyclic amines) is 1. The molecular formula is C22H26N2O3. The third kappa shape index (κ3) is 4.08. The molecule has 5 heteroatoms. The highest BCUT2D eigenvalue weighted by Crippen LogP contribution is 2.37. The topological polar surface area (TPSA) is 50.8 Å². The van der Waals surface area contributed by atoms with Crippen LogP contribution in [0, 0.1) is 13.8 Å². The van der Waals surface area contributed by atoms with Crippen molar-refractivity contribution < 1.29 is 14.3 Å². The molecule has 142 valence electrons. The third-order valence-corrected chi connectivity index (χ3v) is 5.17. The highest BCUT2D eigenvalue weighted by Gasteiger charge is 2.28. The van der Waals surface area contributed by atoms with Gasteiger partial charge in [0.15, 0.2) is 11.5 Å². The second-order valence-corrected chi connectivity index (χ2v) is 7.46. The Morgan fingerprint density at radius 2 is 1.81 bits per heavy atom. The number of hydrogen-bond donors (Lipinski definition) is 1. The minimum Gasteiger partial charge on any atom is -0.486 e. The van der Waals surface area contributed by atoms with Gasteiger partial charge in [0.25, 0.3) is 0 Å². The normalized spacial score (nSPS) is 19.1. The first-order valence-electron chi connectivity index (χ1n) is 9.60. The maximum atomic E-state index is 12.6. The van der Waals surface area contributed by atoms with Gasteiger partial charge < -0.3 is 14.8 Å². The zero-order valence-electron chi connectivity index (χ0n) is 16.0. The van der Waals surface area contributed by atoms with Crippen LogP contribution in [0.3, 0.4) is 0 Å². The van der Waals surface area contributed by atoms with Gasteiger partial charge in [-0.2, -0.15) is 0 Å². The van der Waals surface area contributed by atoms with E-state index in [0.717, 1.165) is 47.7 Å². The molecule has 1 N–H and O–H groups in total. The third-order valence-electron chi connectivity index (χ3n) is 5.17. The number of carbonyl (C=O) groups is 1. The van der Waals surface area contributed by atoms with Gasteiger partial charge in [-0.05, 0) is 74.2 Å². The lowest BCUT2D eigenvalue weighted by atomic mass is 10.0. The summed E-state index contributed by atoms with van der Waals surface area (Å²) in [6.07, 6.45) is 2.15. The second-order valence-electron chi connectivity index (χ2n) is 7.46. The Labute approximate surface area is 160 Å². The number of benzene rings is 2. The first kappa shape index (κ1) is 17.9. The fraction of sp³-hybridized carbons (Fsp3) is 0.409. The van der Waals surface area contributed by atoms with Gasteiger partial charge in [-0.3, -0.25) is 9.69 Å². The van der Waals surface area contributed by atoms with Crippen LogP contribution in [0.4, 0.5) is 5.69 Å². The van der Waals surface area contributed by atoms with E-state index in [4.69, 9.17) is 9.47 Å². The van der Waals surface area contributed by atoms with E-state index in [1.165, 1.54) is 5.56 Å². The predicted molar refractivity (Wildman–Crippen MR) is 106 cm³/mol. The van der Waals surface area contributed by atoms with E-state index in [0.29, 0.717) is 19.8 Å². The fourth-order valence-corrected chi connectivity index (χ4v) is 4.09. The smallest absolute Gasteiger partial charge is 0.238 e. The predicted octanol–water partition coefficient (Wildman–Crippen LogP) is 3.85. The van der Waals surface area contributed by atoms with Crippen molar-refractivity contribution in [2.75, 3.05) is 31.6 Å². The molecule has 27 heavy (non-hydrogen) atoms. The van der Waals surface area contributed by atoms with Crippen molar-refractivity contribution in [3.8, 4) is 11.5 Å². The maximum absolute atomic E-state index is 12.6. The highest BCUT2D eigenvalue weighted by atomic mass is 16.6. The summed E-state index contributed by atoms with van der Waals surface area (Å²) in [6, 6.07) is 12.5. The molecule has 0 saturated carbocycles. The van der Waals surface area contributed by atoms with E-state index in [1.807, 2.05) is 32.0 Å². The Morgan fingerprint density at radius 1 is 1.07 bits per heavy atom. The van der Waals surface area contributed by atoms with Crippen molar-refractivity contribution in [1.82, 2.24) is 4.90 Å². The van der Waals surface area contributed by atoms with E-state index >= 15 is 0 Å². The molecule has 1 fully saturated rings. The molecule has 0 bridgehead atoms. The average molecular weight is 366 g/mol. The van der Waals surface area contributed by atoms with Crippen LogP contribution in [0.25, 0.3) is 0 Å². The molecule has 0 aromatic heterocycles. The second kappa shape index (κ2) is 7.61. The molecule has 2 aliphatic rings. The monoisotopic (exact) mass is 366 g/mol. The number of ether oxygens (including phenoxy) is 2. The van der Waals surface area contributed by atoms with Gasteiger partial charge >= 0.3 is 0 Å². The number of nitrogens with zero attached hydrogens (tertiary/aromatic N) is 1. The molecule has 2 aromatic rings. The molecule has 0 aliphatic carbocycles.